The Bertz CT molecular complexity index is 94.9. The summed E-state index contributed by atoms with van der Waals surface area (Å²) in [6, 6.07) is 0. The van der Waals surface area contributed by atoms with Gasteiger partial charge in [0.1, 0.15) is 0.864 Å². The van der Waals surface area contributed by atoms with Crippen LogP contribution >= 0.6 is 113 Å². The fourth-order valence-corrected chi connectivity index (χ4v) is 0.601. The van der Waals surface area contributed by atoms with Gasteiger partial charge in [-0.05, 0) is 0 Å². The minimum Gasteiger partial charge on any atom is -0.394 e. The van der Waals surface area contributed by atoms with Crippen LogP contribution in [0.25, 0.3) is 0 Å². The summed E-state index contributed by atoms with van der Waals surface area (Å²) in [6.07, 6.45) is 0. The number of aliphatic hydroxyl groups excluding tert-OH is 1. The van der Waals surface area contributed by atoms with Crippen molar-refractivity contribution in [1.82, 2.24) is 0 Å². The second-order valence-electron chi connectivity index (χ2n) is 1.36. The molecule has 0 atom stereocenters. The maximum absolute atomic E-state index is 8.90. The van der Waals surface area contributed by atoms with Crippen molar-refractivity contribution in [3.63, 3.8) is 0 Å². The minimum absolute atomic E-state index is 0.0653. The van der Waals surface area contributed by atoms with Crippen LogP contribution in [-0.4, -0.2) is 12.6 Å². The lowest BCUT2D eigenvalue weighted by Crippen LogP contribution is -2.31. The molecule has 56 valence electrons. The number of aliphatic hydroxyl groups is 1. The van der Waals surface area contributed by atoms with Gasteiger partial charge in [0, 0.05) is 0 Å². The largest absolute Gasteiger partial charge is 0.394 e. The van der Waals surface area contributed by atoms with Gasteiger partial charge < -0.3 is 5.11 Å². The van der Waals surface area contributed by atoms with Gasteiger partial charge in [-0.3, -0.25) is 0 Å². The first-order valence-corrected chi connectivity index (χ1v) is 7.26. The van der Waals surface area contributed by atoms with Crippen molar-refractivity contribution in [2.75, 3.05) is 6.61 Å². The van der Waals surface area contributed by atoms with E-state index < -0.39 is 0 Å². The second kappa shape index (κ2) is 4.74. The van der Waals surface area contributed by atoms with Crippen LogP contribution in [0.5, 0.6) is 0 Å². The molecule has 0 fully saturated rings. The first-order chi connectivity index (χ1) is 3.81. The van der Waals surface area contributed by atoms with E-state index in [1.807, 2.05) is 0 Å². The Morgan fingerprint density at radius 3 is 1.33 bits per heavy atom. The molecule has 0 unspecified atom stereocenters. The van der Waals surface area contributed by atoms with Crippen molar-refractivity contribution < 1.29 is 5.11 Å². The van der Waals surface area contributed by atoms with Crippen LogP contribution in [0.15, 0.2) is 0 Å². The van der Waals surface area contributed by atoms with Gasteiger partial charge in [-0.15, -0.1) is 0 Å². The van der Waals surface area contributed by atoms with E-state index >= 15 is 0 Å². The summed E-state index contributed by atoms with van der Waals surface area (Å²) in [6.45, 7) is 0.211. The molecule has 0 spiro atoms. The van der Waals surface area contributed by atoms with Gasteiger partial charge >= 0.3 is 0 Å². The van der Waals surface area contributed by atoms with Crippen LogP contribution in [0.3, 0.4) is 0 Å². The predicted octanol–water partition coefficient (Wildman–Crippen LogP) is 3.50. The molecule has 0 aliphatic rings. The second-order valence-corrected chi connectivity index (χ2v) is 18.2. The molecular weight excluding hydrogens is 687 g/mol. The molecule has 1 nitrogen and oxygen atoms in total. The maximum Gasteiger partial charge on any atom is 0.150 e. The average molecular weight is 690 g/mol. The smallest absolute Gasteiger partial charge is 0.150 e. The van der Waals surface area contributed by atoms with Gasteiger partial charge in [0.25, 0.3) is 0 Å². The van der Waals surface area contributed by atoms with Crippen molar-refractivity contribution in [2.24, 2.45) is 0 Å². The van der Waals surface area contributed by atoms with E-state index in [2.05, 4.69) is 113 Å². The predicted molar refractivity (Wildman–Crippen MR) is 82.6 cm³/mol. The van der Waals surface area contributed by atoms with Gasteiger partial charge in [0.15, 0.2) is 0 Å². The average Bonchev–Trinajstić information content (AvgIpc) is 1.64. The minimum atomic E-state index is -0.0653. The fraction of sp³-hybridized carbons (Fsp3) is 1.00. The SMILES string of the molecule is OCC(I)(I)C(I)(I)I. The van der Waals surface area contributed by atoms with Crippen LogP contribution in [0, 0.1) is 0 Å². The molecule has 1 N–H and O–H groups in total. The molecule has 0 rings (SSSR count). The number of rotatable bonds is 2. The van der Waals surface area contributed by atoms with Crippen molar-refractivity contribution in [3.8, 4) is 0 Å². The third-order valence-corrected chi connectivity index (χ3v) is 11.9. The van der Waals surface area contributed by atoms with Gasteiger partial charge in [-0.2, -0.15) is 0 Å². The lowest BCUT2D eigenvalue weighted by molar-refractivity contribution is 0.300. The fourth-order valence-electron chi connectivity index (χ4n) is 0.0896. The molecule has 0 heterocycles. The highest BCUT2D eigenvalue weighted by Crippen LogP contribution is 2.53. The van der Waals surface area contributed by atoms with E-state index in [0.29, 0.717) is 0 Å². The quantitative estimate of drug-likeness (QED) is 0.348. The molecule has 0 aliphatic carbocycles. The molecule has 0 saturated carbocycles. The van der Waals surface area contributed by atoms with Gasteiger partial charge in [-0.25, -0.2) is 0 Å². The van der Waals surface area contributed by atoms with Gasteiger partial charge in [0.2, 0.25) is 0 Å². The summed E-state index contributed by atoms with van der Waals surface area (Å²) in [4.78, 5) is 0. The molecule has 0 aliphatic heterocycles. The summed E-state index contributed by atoms with van der Waals surface area (Å²) in [5.41, 5.74) is 0. The molecule has 9 heavy (non-hydrogen) atoms. The molecule has 0 bridgehead atoms. The Balaban J connectivity index is 4.14. The highest BCUT2D eigenvalue weighted by molar-refractivity contribution is 14.3. The number of alkyl halides is 5. The normalized spacial score (nSPS) is 14.0. The summed E-state index contributed by atoms with van der Waals surface area (Å²) in [5, 5.41) is 8.90. The number of hydrogen-bond acceptors (Lipinski definition) is 1. The van der Waals surface area contributed by atoms with Gasteiger partial charge in [0.05, 0.1) is 6.61 Å². The first-order valence-electron chi connectivity index (χ1n) is 1.86. The lowest BCUT2D eigenvalue weighted by atomic mass is 10.5. The van der Waals surface area contributed by atoms with Crippen LogP contribution in [0.2, 0.25) is 0 Å². The molecular formula is C3H3I5O. The van der Waals surface area contributed by atoms with E-state index in [1.165, 1.54) is 0 Å². The molecule has 0 aromatic rings. The highest BCUT2D eigenvalue weighted by atomic mass is 127. The molecule has 0 aromatic heterocycles. The Morgan fingerprint density at radius 2 is 1.33 bits per heavy atom. The number of halogens is 5. The zero-order valence-corrected chi connectivity index (χ0v) is 14.8. The zero-order valence-electron chi connectivity index (χ0n) is 4.04. The Kier molecular flexibility index (Phi) is 6.64. The molecule has 0 saturated heterocycles. The van der Waals surface area contributed by atoms with Crippen LogP contribution in [0.1, 0.15) is 0 Å². The molecule has 6 heteroatoms. The highest BCUT2D eigenvalue weighted by Gasteiger charge is 2.41. The summed E-state index contributed by atoms with van der Waals surface area (Å²) >= 11 is 11.5. The van der Waals surface area contributed by atoms with E-state index in [4.69, 9.17) is 5.11 Å². The topological polar surface area (TPSA) is 20.2 Å². The Morgan fingerprint density at radius 1 is 1.00 bits per heavy atom. The van der Waals surface area contributed by atoms with Gasteiger partial charge in [-0.1, -0.05) is 113 Å². The lowest BCUT2D eigenvalue weighted by Gasteiger charge is -2.27. The monoisotopic (exact) mass is 690 g/mol. The van der Waals surface area contributed by atoms with Crippen molar-refractivity contribution in [3.05, 3.63) is 0 Å². The van der Waals surface area contributed by atoms with Crippen LogP contribution < -0.4 is 0 Å². The summed E-state index contributed by atoms with van der Waals surface area (Å²) in [5.74, 6) is 0. The zero-order chi connectivity index (χ0) is 7.71. The van der Waals surface area contributed by atoms with E-state index in [-0.39, 0.29) is 7.47 Å². The molecule has 0 radical (unpaired) electrons. The van der Waals surface area contributed by atoms with Crippen LogP contribution in [0.4, 0.5) is 0 Å². The number of hydrogen-bond donors (Lipinski definition) is 1. The van der Waals surface area contributed by atoms with E-state index in [0.717, 1.165) is 0 Å². The van der Waals surface area contributed by atoms with E-state index in [9.17, 15) is 0 Å². The standard InChI is InChI=1S/C3H3I5O/c4-2(5,1-9)3(6,7)8/h9H,1H2. The van der Waals surface area contributed by atoms with Crippen LogP contribution in [-0.2, 0) is 0 Å². The Hall–Kier alpha value is 3.61. The maximum atomic E-state index is 8.90. The summed E-state index contributed by atoms with van der Waals surface area (Å²) < 4.78 is 0.0142. The third kappa shape index (κ3) is 4.40. The first kappa shape index (κ1) is 12.6. The van der Waals surface area contributed by atoms with Crippen molar-refractivity contribution in [2.45, 2.75) is 0.864 Å². The van der Waals surface area contributed by atoms with Crippen molar-refractivity contribution in [1.29, 1.82) is 0 Å². The van der Waals surface area contributed by atoms with E-state index in [1.54, 1.807) is 0 Å². The third-order valence-electron chi connectivity index (χ3n) is 0.613. The summed E-state index contributed by atoms with van der Waals surface area (Å²) in [7, 11) is 0. The molecule has 0 amide bonds. The van der Waals surface area contributed by atoms with Crippen molar-refractivity contribution >= 4 is 113 Å². The molecule has 0 aromatic carbocycles. The Labute approximate surface area is 123 Å².